The molecule has 0 aliphatic heterocycles. The molecule has 0 unspecified atom stereocenters. The first-order chi connectivity index (χ1) is 5.36. The molecule has 1 aliphatic carbocycles. The Labute approximate surface area is 73.3 Å². The van der Waals surface area contributed by atoms with E-state index in [9.17, 15) is 0 Å². The van der Waals surface area contributed by atoms with Crippen LogP contribution in [0.3, 0.4) is 0 Å². The highest BCUT2D eigenvalue weighted by Crippen LogP contribution is 2.29. The summed E-state index contributed by atoms with van der Waals surface area (Å²) in [5.41, 5.74) is 1.62. The normalized spacial score (nSPS) is 13.7. The quantitative estimate of drug-likeness (QED) is 0.555. The molecule has 0 amide bonds. The van der Waals surface area contributed by atoms with Crippen molar-refractivity contribution in [2.45, 2.75) is 40.0 Å². The minimum atomic E-state index is 1.33. The van der Waals surface area contributed by atoms with Gasteiger partial charge in [-0.25, -0.2) is 0 Å². The summed E-state index contributed by atoms with van der Waals surface area (Å²) >= 11 is 1.98. The Bertz CT molecular complexity index is 201. The molecule has 1 heteroatoms. The zero-order valence-corrected chi connectivity index (χ0v) is 8.42. The number of hydrogen-bond acceptors (Lipinski definition) is 1. The summed E-state index contributed by atoms with van der Waals surface area (Å²) in [7, 11) is 0. The number of rotatable bonds is 0. The SMILES string of the molecule is CC.Cc1cc2c(s1)CCC2. The molecule has 0 bridgehead atoms. The van der Waals surface area contributed by atoms with E-state index in [4.69, 9.17) is 0 Å². The lowest BCUT2D eigenvalue weighted by Crippen LogP contribution is -1.68. The fourth-order valence-electron chi connectivity index (χ4n) is 1.48. The van der Waals surface area contributed by atoms with E-state index in [-0.39, 0.29) is 0 Å². The van der Waals surface area contributed by atoms with E-state index in [2.05, 4.69) is 13.0 Å². The molecule has 0 saturated heterocycles. The van der Waals surface area contributed by atoms with Crippen LogP contribution in [-0.2, 0) is 12.8 Å². The monoisotopic (exact) mass is 168 g/mol. The highest BCUT2D eigenvalue weighted by Gasteiger charge is 2.12. The second-order valence-corrected chi connectivity index (χ2v) is 4.00. The molecule has 0 fully saturated rings. The lowest BCUT2D eigenvalue weighted by molar-refractivity contribution is 0.914. The highest BCUT2D eigenvalue weighted by molar-refractivity contribution is 7.12. The standard InChI is InChI=1S/C8H10S.C2H6/c1-6-5-7-3-2-4-8(7)9-6;1-2/h5H,2-4H2,1H3;1-2H3. The van der Waals surface area contributed by atoms with Gasteiger partial charge in [0.05, 0.1) is 0 Å². The summed E-state index contributed by atoms with van der Waals surface area (Å²) in [6.45, 7) is 6.20. The fraction of sp³-hybridized carbons (Fsp3) is 0.600. The summed E-state index contributed by atoms with van der Waals surface area (Å²) in [5, 5.41) is 0. The van der Waals surface area contributed by atoms with E-state index in [1.165, 1.54) is 24.1 Å². The average Bonchev–Trinajstić information content (AvgIpc) is 2.51. The van der Waals surface area contributed by atoms with Gasteiger partial charge in [0.1, 0.15) is 0 Å². The van der Waals surface area contributed by atoms with E-state index < -0.39 is 0 Å². The molecule has 1 heterocycles. The van der Waals surface area contributed by atoms with E-state index in [0.29, 0.717) is 0 Å². The van der Waals surface area contributed by atoms with Crippen molar-refractivity contribution in [1.82, 2.24) is 0 Å². The van der Waals surface area contributed by atoms with Gasteiger partial charge in [0, 0.05) is 9.75 Å². The maximum Gasteiger partial charge on any atom is 0.00801 e. The van der Waals surface area contributed by atoms with Crippen LogP contribution in [0.2, 0.25) is 0 Å². The van der Waals surface area contributed by atoms with Crippen LogP contribution in [0.15, 0.2) is 6.07 Å². The highest BCUT2D eigenvalue weighted by atomic mass is 32.1. The Hall–Kier alpha value is -0.300. The molecule has 11 heavy (non-hydrogen) atoms. The van der Waals surface area contributed by atoms with Gasteiger partial charge in [0.15, 0.2) is 0 Å². The number of fused-ring (bicyclic) bond motifs is 1. The molecule has 1 aromatic rings. The van der Waals surface area contributed by atoms with Gasteiger partial charge in [-0.1, -0.05) is 13.8 Å². The van der Waals surface area contributed by atoms with Crippen LogP contribution < -0.4 is 0 Å². The van der Waals surface area contributed by atoms with Crippen LogP contribution in [0, 0.1) is 6.92 Å². The second-order valence-electron chi connectivity index (χ2n) is 2.66. The van der Waals surface area contributed by atoms with Crippen LogP contribution in [-0.4, -0.2) is 0 Å². The van der Waals surface area contributed by atoms with Crippen molar-refractivity contribution in [2.75, 3.05) is 0 Å². The molecule has 1 aromatic heterocycles. The maximum absolute atomic E-state index is 2.34. The summed E-state index contributed by atoms with van der Waals surface area (Å²) in [6.07, 6.45) is 4.06. The smallest absolute Gasteiger partial charge is 0.00801 e. The van der Waals surface area contributed by atoms with Crippen LogP contribution in [0.1, 0.15) is 35.6 Å². The molecule has 0 nitrogen and oxygen atoms in total. The Balaban J connectivity index is 0.000000281. The van der Waals surface area contributed by atoms with Crippen LogP contribution in [0.5, 0.6) is 0 Å². The van der Waals surface area contributed by atoms with Crippen molar-refractivity contribution in [2.24, 2.45) is 0 Å². The number of aryl methyl sites for hydroxylation is 3. The number of hydrogen-bond donors (Lipinski definition) is 0. The zero-order chi connectivity index (χ0) is 8.27. The van der Waals surface area contributed by atoms with Gasteiger partial charge in [-0.15, -0.1) is 11.3 Å². The minimum Gasteiger partial charge on any atom is -0.145 e. The first-order valence-corrected chi connectivity index (χ1v) is 5.26. The molecule has 1 aliphatic rings. The van der Waals surface area contributed by atoms with Crippen LogP contribution in [0.4, 0.5) is 0 Å². The molecule has 0 aromatic carbocycles. The predicted molar refractivity (Wildman–Crippen MR) is 52.4 cm³/mol. The summed E-state index contributed by atoms with van der Waals surface area (Å²) in [4.78, 5) is 3.13. The summed E-state index contributed by atoms with van der Waals surface area (Å²) in [6, 6.07) is 2.34. The third kappa shape index (κ3) is 1.84. The van der Waals surface area contributed by atoms with E-state index in [1.807, 2.05) is 25.2 Å². The van der Waals surface area contributed by atoms with Crippen molar-refractivity contribution >= 4 is 11.3 Å². The van der Waals surface area contributed by atoms with Crippen LogP contribution in [0.25, 0.3) is 0 Å². The van der Waals surface area contributed by atoms with Gasteiger partial charge in [-0.05, 0) is 37.8 Å². The molecule has 0 spiro atoms. The zero-order valence-electron chi connectivity index (χ0n) is 7.61. The first-order valence-electron chi connectivity index (χ1n) is 4.44. The van der Waals surface area contributed by atoms with Crippen molar-refractivity contribution in [3.63, 3.8) is 0 Å². The van der Waals surface area contributed by atoms with Gasteiger partial charge in [-0.2, -0.15) is 0 Å². The van der Waals surface area contributed by atoms with Crippen molar-refractivity contribution < 1.29 is 0 Å². The summed E-state index contributed by atoms with van der Waals surface area (Å²) < 4.78 is 0. The number of thiophene rings is 1. The van der Waals surface area contributed by atoms with Crippen molar-refractivity contribution in [1.29, 1.82) is 0 Å². The van der Waals surface area contributed by atoms with Gasteiger partial charge in [0.2, 0.25) is 0 Å². The fourth-order valence-corrected chi connectivity index (χ4v) is 2.61. The third-order valence-electron chi connectivity index (χ3n) is 1.87. The van der Waals surface area contributed by atoms with Crippen molar-refractivity contribution in [3.8, 4) is 0 Å². The van der Waals surface area contributed by atoms with Gasteiger partial charge in [0.25, 0.3) is 0 Å². The summed E-state index contributed by atoms with van der Waals surface area (Å²) in [5.74, 6) is 0. The van der Waals surface area contributed by atoms with Crippen molar-refractivity contribution in [3.05, 3.63) is 21.4 Å². The van der Waals surface area contributed by atoms with Gasteiger partial charge >= 0.3 is 0 Å². The van der Waals surface area contributed by atoms with Crippen LogP contribution >= 0.6 is 11.3 Å². The van der Waals surface area contributed by atoms with E-state index in [0.717, 1.165) is 0 Å². The minimum absolute atomic E-state index is 1.33. The second kappa shape index (κ2) is 3.91. The maximum atomic E-state index is 2.34. The molecular weight excluding hydrogens is 152 g/mol. The predicted octanol–water partition coefficient (Wildman–Crippen LogP) is 3.57. The molecule has 0 atom stereocenters. The molecule has 0 saturated carbocycles. The Morgan fingerprint density at radius 3 is 2.64 bits per heavy atom. The first kappa shape index (κ1) is 8.79. The molecule has 0 radical (unpaired) electrons. The molecular formula is C10H16S. The van der Waals surface area contributed by atoms with E-state index >= 15 is 0 Å². The average molecular weight is 168 g/mol. The van der Waals surface area contributed by atoms with E-state index in [1.54, 1.807) is 10.4 Å². The molecule has 62 valence electrons. The van der Waals surface area contributed by atoms with Gasteiger partial charge < -0.3 is 0 Å². The topological polar surface area (TPSA) is 0 Å². The Kier molecular flexibility index (Phi) is 3.13. The third-order valence-corrected chi connectivity index (χ3v) is 3.02. The lowest BCUT2D eigenvalue weighted by Gasteiger charge is -1.80. The largest absolute Gasteiger partial charge is 0.145 e. The Morgan fingerprint density at radius 1 is 1.27 bits per heavy atom. The molecule has 2 rings (SSSR count). The lowest BCUT2D eigenvalue weighted by atomic mass is 10.2. The molecule has 0 N–H and O–H groups in total. The Morgan fingerprint density at radius 2 is 2.00 bits per heavy atom. The van der Waals surface area contributed by atoms with Gasteiger partial charge in [-0.3, -0.25) is 0 Å².